The molecule has 0 saturated carbocycles. The molecule has 3 atom stereocenters. The molecule has 128 valence electrons. The quantitative estimate of drug-likeness (QED) is 0.821. The summed E-state index contributed by atoms with van der Waals surface area (Å²) in [6, 6.07) is 4.74. The van der Waals surface area contributed by atoms with E-state index in [2.05, 4.69) is 0 Å². The first-order valence-corrected chi connectivity index (χ1v) is 9.38. The van der Waals surface area contributed by atoms with Gasteiger partial charge in [0.2, 0.25) is 5.91 Å². The maximum absolute atomic E-state index is 12.9. The number of halogens is 1. The first kappa shape index (κ1) is 17.9. The maximum atomic E-state index is 12.9. The second-order valence-electron chi connectivity index (χ2n) is 6.31. The first-order valence-electron chi connectivity index (χ1n) is 7.73. The predicted octanol–water partition coefficient (Wildman–Crippen LogP) is 1.43. The van der Waals surface area contributed by atoms with Gasteiger partial charge in [-0.05, 0) is 50.1 Å². The van der Waals surface area contributed by atoms with Gasteiger partial charge in [-0.1, -0.05) is 6.92 Å². The Balaban J connectivity index is 2.07. The molecule has 2 N–H and O–H groups in total. The molecule has 0 bridgehead atoms. The van der Waals surface area contributed by atoms with Crippen LogP contribution in [0.25, 0.3) is 0 Å². The molecule has 1 amide bonds. The van der Waals surface area contributed by atoms with Crippen LogP contribution in [-0.4, -0.2) is 44.1 Å². The van der Waals surface area contributed by atoms with Gasteiger partial charge < -0.3 is 10.6 Å². The van der Waals surface area contributed by atoms with Gasteiger partial charge in [0.25, 0.3) is 0 Å². The van der Waals surface area contributed by atoms with Crippen LogP contribution in [0.4, 0.5) is 4.39 Å². The second kappa shape index (κ2) is 6.97. The van der Waals surface area contributed by atoms with Gasteiger partial charge in [-0.15, -0.1) is 0 Å². The second-order valence-corrected chi connectivity index (χ2v) is 8.35. The number of hydrogen-bond donors (Lipinski definition) is 1. The molecule has 0 aromatic heterocycles. The summed E-state index contributed by atoms with van der Waals surface area (Å²) in [7, 11) is -3.63. The van der Waals surface area contributed by atoms with E-state index in [4.69, 9.17) is 5.73 Å². The Bertz CT molecular complexity index is 660. The lowest BCUT2D eigenvalue weighted by molar-refractivity contribution is -0.134. The number of amides is 1. The van der Waals surface area contributed by atoms with Crippen LogP contribution in [0.5, 0.6) is 0 Å². The largest absolute Gasteiger partial charge is 0.339 e. The highest BCUT2D eigenvalue weighted by molar-refractivity contribution is 7.91. The van der Waals surface area contributed by atoms with Crippen molar-refractivity contribution in [1.29, 1.82) is 0 Å². The predicted molar refractivity (Wildman–Crippen MR) is 86.0 cm³/mol. The maximum Gasteiger partial charge on any atom is 0.226 e. The summed E-state index contributed by atoms with van der Waals surface area (Å²) in [5, 5.41) is 0. The summed E-state index contributed by atoms with van der Waals surface area (Å²) in [6.07, 6.45) is 0.847. The molecule has 1 heterocycles. The average molecular weight is 342 g/mol. The van der Waals surface area contributed by atoms with E-state index in [0.29, 0.717) is 13.1 Å². The zero-order chi connectivity index (χ0) is 17.2. The van der Waals surface area contributed by atoms with Gasteiger partial charge in [-0.25, -0.2) is 12.8 Å². The van der Waals surface area contributed by atoms with Crippen molar-refractivity contribution in [2.75, 3.05) is 18.8 Å². The molecule has 1 aliphatic rings. The monoisotopic (exact) mass is 342 g/mol. The number of nitrogens with two attached hydrogens (primary N) is 1. The average Bonchev–Trinajstić information content (AvgIpc) is 2.87. The minimum absolute atomic E-state index is 0.0351. The van der Waals surface area contributed by atoms with Crippen molar-refractivity contribution in [3.05, 3.63) is 30.1 Å². The summed E-state index contributed by atoms with van der Waals surface area (Å²) >= 11 is 0. The number of likely N-dealkylation sites (tertiary alicyclic amines) is 1. The van der Waals surface area contributed by atoms with Gasteiger partial charge in [0, 0.05) is 18.5 Å². The van der Waals surface area contributed by atoms with Gasteiger partial charge in [-0.2, -0.15) is 0 Å². The molecule has 1 fully saturated rings. The SMILES string of the molecule is CC(CS(=O)(=O)c1ccc(F)cc1)C(=O)N1CC(CN)CC1C. The Morgan fingerprint density at radius 1 is 1.39 bits per heavy atom. The lowest BCUT2D eigenvalue weighted by Gasteiger charge is -2.25. The van der Waals surface area contributed by atoms with Crippen LogP contribution in [0.3, 0.4) is 0 Å². The number of carbonyl (C=O) groups excluding carboxylic acids is 1. The fourth-order valence-electron chi connectivity index (χ4n) is 3.04. The van der Waals surface area contributed by atoms with Crippen molar-refractivity contribution in [2.45, 2.75) is 31.2 Å². The van der Waals surface area contributed by atoms with E-state index in [9.17, 15) is 17.6 Å². The zero-order valence-corrected chi connectivity index (χ0v) is 14.2. The number of carbonyl (C=O) groups is 1. The number of hydrogen-bond acceptors (Lipinski definition) is 4. The molecule has 1 aliphatic heterocycles. The van der Waals surface area contributed by atoms with E-state index in [0.717, 1.165) is 18.6 Å². The third-order valence-corrected chi connectivity index (χ3v) is 6.27. The molecule has 3 unspecified atom stereocenters. The Morgan fingerprint density at radius 3 is 2.52 bits per heavy atom. The minimum Gasteiger partial charge on any atom is -0.339 e. The fourth-order valence-corrected chi connectivity index (χ4v) is 4.59. The Hall–Kier alpha value is -1.47. The van der Waals surface area contributed by atoms with Crippen molar-refractivity contribution in [2.24, 2.45) is 17.6 Å². The van der Waals surface area contributed by atoms with Crippen molar-refractivity contribution in [3.63, 3.8) is 0 Å². The Labute approximate surface area is 136 Å². The van der Waals surface area contributed by atoms with Crippen LogP contribution in [0, 0.1) is 17.7 Å². The number of nitrogens with zero attached hydrogens (tertiary/aromatic N) is 1. The highest BCUT2D eigenvalue weighted by Crippen LogP contribution is 2.25. The van der Waals surface area contributed by atoms with E-state index >= 15 is 0 Å². The van der Waals surface area contributed by atoms with Crippen LogP contribution in [0.15, 0.2) is 29.2 Å². The third-order valence-electron chi connectivity index (χ3n) is 4.34. The molecule has 1 saturated heterocycles. The molecule has 2 rings (SSSR count). The molecule has 1 aromatic rings. The lowest BCUT2D eigenvalue weighted by atomic mass is 10.1. The molecule has 0 radical (unpaired) electrons. The summed E-state index contributed by atoms with van der Waals surface area (Å²) in [5.74, 6) is -1.32. The van der Waals surface area contributed by atoms with Gasteiger partial charge in [0.1, 0.15) is 5.82 Å². The third kappa shape index (κ3) is 4.09. The highest BCUT2D eigenvalue weighted by atomic mass is 32.2. The van der Waals surface area contributed by atoms with Gasteiger partial charge in [0.15, 0.2) is 9.84 Å². The smallest absolute Gasteiger partial charge is 0.226 e. The van der Waals surface area contributed by atoms with Crippen molar-refractivity contribution < 1.29 is 17.6 Å². The number of benzene rings is 1. The molecule has 0 aliphatic carbocycles. The van der Waals surface area contributed by atoms with Gasteiger partial charge >= 0.3 is 0 Å². The standard InChI is InChI=1S/C16H23FN2O3S/c1-11(16(20)19-9-13(8-18)7-12(19)2)10-23(21,22)15-5-3-14(17)4-6-15/h3-6,11-13H,7-10,18H2,1-2H3. The van der Waals surface area contributed by atoms with Crippen LogP contribution >= 0.6 is 0 Å². The molecular formula is C16H23FN2O3S. The first-order chi connectivity index (χ1) is 10.7. The van der Waals surface area contributed by atoms with E-state index < -0.39 is 21.6 Å². The van der Waals surface area contributed by atoms with E-state index in [1.54, 1.807) is 11.8 Å². The van der Waals surface area contributed by atoms with Gasteiger partial charge in [-0.3, -0.25) is 4.79 Å². The van der Waals surface area contributed by atoms with E-state index in [1.165, 1.54) is 12.1 Å². The molecule has 1 aromatic carbocycles. The van der Waals surface area contributed by atoms with E-state index in [-0.39, 0.29) is 28.5 Å². The van der Waals surface area contributed by atoms with Crippen LogP contribution in [0.2, 0.25) is 0 Å². The number of sulfone groups is 1. The fraction of sp³-hybridized carbons (Fsp3) is 0.562. The summed E-state index contributed by atoms with van der Waals surface area (Å²) < 4.78 is 37.6. The molecule has 23 heavy (non-hydrogen) atoms. The van der Waals surface area contributed by atoms with Crippen LogP contribution in [-0.2, 0) is 14.6 Å². The van der Waals surface area contributed by atoms with Crippen molar-refractivity contribution in [3.8, 4) is 0 Å². The van der Waals surface area contributed by atoms with Crippen molar-refractivity contribution in [1.82, 2.24) is 4.90 Å². The Kier molecular flexibility index (Phi) is 5.41. The minimum atomic E-state index is -3.63. The Morgan fingerprint density at radius 2 is 2.00 bits per heavy atom. The summed E-state index contributed by atoms with van der Waals surface area (Å²) in [6.45, 7) is 4.68. The molecule has 5 nitrogen and oxygen atoms in total. The summed E-state index contributed by atoms with van der Waals surface area (Å²) in [4.78, 5) is 14.3. The normalized spacial score (nSPS) is 23.0. The zero-order valence-electron chi connectivity index (χ0n) is 13.4. The summed E-state index contributed by atoms with van der Waals surface area (Å²) in [5.41, 5.74) is 5.66. The van der Waals surface area contributed by atoms with Gasteiger partial charge in [0.05, 0.1) is 10.6 Å². The van der Waals surface area contributed by atoms with Crippen LogP contribution < -0.4 is 5.73 Å². The number of rotatable bonds is 5. The van der Waals surface area contributed by atoms with Crippen molar-refractivity contribution >= 4 is 15.7 Å². The van der Waals surface area contributed by atoms with E-state index in [1.807, 2.05) is 6.92 Å². The molecule has 0 spiro atoms. The molecule has 7 heteroatoms. The highest BCUT2D eigenvalue weighted by Gasteiger charge is 2.35. The molecular weight excluding hydrogens is 319 g/mol. The lowest BCUT2D eigenvalue weighted by Crippen LogP contribution is -2.40. The van der Waals surface area contributed by atoms with Crippen LogP contribution in [0.1, 0.15) is 20.3 Å². The topological polar surface area (TPSA) is 80.5 Å².